The van der Waals surface area contributed by atoms with E-state index in [0.29, 0.717) is 6.54 Å². The predicted octanol–water partition coefficient (Wildman–Crippen LogP) is 2.71. The van der Waals surface area contributed by atoms with E-state index in [4.69, 9.17) is 0 Å². The first kappa shape index (κ1) is 12.6. The minimum Gasteiger partial charge on any atom is -0.396 e. The van der Waals surface area contributed by atoms with Gasteiger partial charge < -0.3 is 10.4 Å². The van der Waals surface area contributed by atoms with Crippen molar-refractivity contribution in [3.63, 3.8) is 0 Å². The number of carbonyl (C=O) groups is 1. The summed E-state index contributed by atoms with van der Waals surface area (Å²) in [6, 6.07) is 8.08. The van der Waals surface area contributed by atoms with Gasteiger partial charge in [0.2, 0.25) is 0 Å². The van der Waals surface area contributed by atoms with Crippen LogP contribution < -0.4 is 5.32 Å². The maximum Gasteiger partial charge on any atom is 0.261 e. The highest BCUT2D eigenvalue weighted by molar-refractivity contribution is 7.21. The van der Waals surface area contributed by atoms with E-state index in [2.05, 4.69) is 5.32 Å². The summed E-state index contributed by atoms with van der Waals surface area (Å²) in [6.07, 6.45) is 2.02. The van der Waals surface area contributed by atoms with Crippen LogP contribution in [0.2, 0.25) is 0 Å². The summed E-state index contributed by atoms with van der Waals surface area (Å²) < 4.78 is 1.15. The Balaban J connectivity index is 1.80. The Morgan fingerprint density at radius 3 is 2.79 bits per heavy atom. The minimum atomic E-state index is -0.0414. The van der Waals surface area contributed by atoms with E-state index in [1.54, 1.807) is 0 Å². The molecule has 4 heteroatoms. The fourth-order valence-electron chi connectivity index (χ4n) is 2.31. The molecule has 1 aromatic heterocycles. The third-order valence-electron chi connectivity index (χ3n) is 3.97. The molecule has 2 N–H and O–H groups in total. The van der Waals surface area contributed by atoms with Crippen LogP contribution in [-0.4, -0.2) is 24.2 Å². The first-order chi connectivity index (χ1) is 9.15. The lowest BCUT2D eigenvalue weighted by Gasteiger charge is -2.12. The number of hydrogen-bond acceptors (Lipinski definition) is 3. The molecule has 100 valence electrons. The molecule has 1 aliphatic carbocycles. The lowest BCUT2D eigenvalue weighted by atomic mass is 10.1. The van der Waals surface area contributed by atoms with Gasteiger partial charge in [0.25, 0.3) is 5.91 Å². The number of hydrogen-bond donors (Lipinski definition) is 2. The number of aryl methyl sites for hydroxylation is 1. The van der Waals surface area contributed by atoms with E-state index in [1.807, 2.05) is 31.2 Å². The van der Waals surface area contributed by atoms with E-state index in [0.717, 1.165) is 33.4 Å². The number of aliphatic hydroxyl groups excluding tert-OH is 1. The van der Waals surface area contributed by atoms with Gasteiger partial charge in [0, 0.05) is 16.7 Å². The summed E-state index contributed by atoms with van der Waals surface area (Å²) in [5.41, 5.74) is 1.01. The lowest BCUT2D eigenvalue weighted by molar-refractivity contribution is 0.0939. The van der Waals surface area contributed by atoms with Crippen LogP contribution in [-0.2, 0) is 0 Å². The van der Waals surface area contributed by atoms with Gasteiger partial charge in [-0.15, -0.1) is 11.3 Å². The zero-order valence-electron chi connectivity index (χ0n) is 10.9. The maximum atomic E-state index is 12.2. The van der Waals surface area contributed by atoms with Crippen molar-refractivity contribution in [3.05, 3.63) is 34.7 Å². The fraction of sp³-hybridized carbons (Fsp3) is 0.400. The number of aliphatic hydroxyl groups is 1. The number of amides is 1. The predicted molar refractivity (Wildman–Crippen MR) is 77.6 cm³/mol. The Morgan fingerprint density at radius 1 is 1.42 bits per heavy atom. The molecule has 3 rings (SSSR count). The smallest absolute Gasteiger partial charge is 0.261 e. The molecule has 1 aromatic carbocycles. The number of carbonyl (C=O) groups excluding carboxylic acids is 1. The molecule has 1 amide bonds. The monoisotopic (exact) mass is 275 g/mol. The largest absolute Gasteiger partial charge is 0.396 e. The van der Waals surface area contributed by atoms with Gasteiger partial charge in [0.05, 0.1) is 11.5 Å². The van der Waals surface area contributed by atoms with E-state index < -0.39 is 0 Å². The molecule has 0 unspecified atom stereocenters. The van der Waals surface area contributed by atoms with Crippen LogP contribution >= 0.6 is 11.3 Å². The maximum absolute atomic E-state index is 12.2. The highest BCUT2D eigenvalue weighted by Gasteiger charge is 2.42. The van der Waals surface area contributed by atoms with Crippen LogP contribution in [0.4, 0.5) is 0 Å². The van der Waals surface area contributed by atoms with Crippen molar-refractivity contribution in [1.82, 2.24) is 5.32 Å². The van der Waals surface area contributed by atoms with Crippen LogP contribution in [0.3, 0.4) is 0 Å². The second-order valence-electron chi connectivity index (χ2n) is 5.39. The van der Waals surface area contributed by atoms with Gasteiger partial charge in [0.1, 0.15) is 0 Å². The van der Waals surface area contributed by atoms with Crippen LogP contribution in [0.5, 0.6) is 0 Å². The summed E-state index contributed by atoms with van der Waals surface area (Å²) in [4.78, 5) is 13.0. The summed E-state index contributed by atoms with van der Waals surface area (Å²) >= 11 is 1.54. The second kappa shape index (κ2) is 4.62. The first-order valence-corrected chi connectivity index (χ1v) is 7.34. The average molecular weight is 275 g/mol. The number of fused-ring (bicyclic) bond motifs is 1. The number of nitrogens with one attached hydrogen (secondary N) is 1. The van der Waals surface area contributed by atoms with Gasteiger partial charge in [-0.3, -0.25) is 4.79 Å². The zero-order valence-corrected chi connectivity index (χ0v) is 11.7. The Bertz CT molecular complexity index is 628. The highest BCUT2D eigenvalue weighted by Crippen LogP contribution is 2.44. The number of thiophene rings is 1. The Labute approximate surface area is 116 Å². The summed E-state index contributed by atoms with van der Waals surface area (Å²) in [7, 11) is 0. The summed E-state index contributed by atoms with van der Waals surface area (Å²) in [5, 5.41) is 13.4. The van der Waals surface area contributed by atoms with Crippen LogP contribution in [0.15, 0.2) is 24.3 Å². The molecule has 0 radical (unpaired) electrons. The first-order valence-electron chi connectivity index (χ1n) is 6.52. The molecule has 2 aromatic rings. The Kier molecular flexibility index (Phi) is 3.07. The molecule has 1 heterocycles. The van der Waals surface area contributed by atoms with Crippen molar-refractivity contribution in [2.45, 2.75) is 19.8 Å². The molecule has 3 nitrogen and oxygen atoms in total. The molecule has 1 fully saturated rings. The molecular formula is C15H17NO2S. The second-order valence-corrected chi connectivity index (χ2v) is 6.45. The van der Waals surface area contributed by atoms with Crippen LogP contribution in [0.25, 0.3) is 10.1 Å². The van der Waals surface area contributed by atoms with Gasteiger partial charge in [-0.1, -0.05) is 18.2 Å². The third-order valence-corrected chi connectivity index (χ3v) is 5.24. The highest BCUT2D eigenvalue weighted by atomic mass is 32.1. The molecular weight excluding hydrogens is 258 g/mol. The van der Waals surface area contributed by atoms with Crippen molar-refractivity contribution in [2.75, 3.05) is 13.2 Å². The number of benzene rings is 1. The third kappa shape index (κ3) is 2.26. The Morgan fingerprint density at radius 2 is 2.16 bits per heavy atom. The molecule has 0 atom stereocenters. The van der Waals surface area contributed by atoms with Crippen molar-refractivity contribution >= 4 is 27.3 Å². The topological polar surface area (TPSA) is 49.3 Å². The molecule has 0 aliphatic heterocycles. The van der Waals surface area contributed by atoms with E-state index in [-0.39, 0.29) is 17.9 Å². The van der Waals surface area contributed by atoms with Crippen molar-refractivity contribution in [2.24, 2.45) is 5.41 Å². The van der Waals surface area contributed by atoms with Gasteiger partial charge in [-0.2, -0.15) is 0 Å². The normalized spacial score (nSPS) is 16.5. The van der Waals surface area contributed by atoms with Crippen LogP contribution in [0.1, 0.15) is 28.1 Å². The molecule has 19 heavy (non-hydrogen) atoms. The molecule has 1 aliphatic rings. The van der Waals surface area contributed by atoms with E-state index in [9.17, 15) is 9.90 Å². The van der Waals surface area contributed by atoms with Gasteiger partial charge in [-0.25, -0.2) is 0 Å². The Hall–Kier alpha value is -1.39. The number of rotatable bonds is 4. The quantitative estimate of drug-likeness (QED) is 0.901. The van der Waals surface area contributed by atoms with Crippen molar-refractivity contribution in [3.8, 4) is 0 Å². The zero-order chi connectivity index (χ0) is 13.5. The SMILES string of the molecule is Cc1c(C(=O)NCC2(CO)CC2)sc2ccccc12. The van der Waals surface area contributed by atoms with Crippen molar-refractivity contribution < 1.29 is 9.90 Å². The van der Waals surface area contributed by atoms with Gasteiger partial charge in [0.15, 0.2) is 0 Å². The van der Waals surface area contributed by atoms with E-state index in [1.165, 1.54) is 11.3 Å². The molecule has 0 saturated heterocycles. The van der Waals surface area contributed by atoms with Gasteiger partial charge >= 0.3 is 0 Å². The van der Waals surface area contributed by atoms with Crippen molar-refractivity contribution in [1.29, 1.82) is 0 Å². The fourth-order valence-corrected chi connectivity index (χ4v) is 3.43. The standard InChI is InChI=1S/C15H17NO2S/c1-10-11-4-2-3-5-12(11)19-13(10)14(18)16-8-15(9-17)6-7-15/h2-5,17H,6-9H2,1H3,(H,16,18). The van der Waals surface area contributed by atoms with Gasteiger partial charge in [-0.05, 0) is 36.8 Å². The molecule has 1 saturated carbocycles. The molecule has 0 bridgehead atoms. The van der Waals surface area contributed by atoms with E-state index >= 15 is 0 Å². The summed E-state index contributed by atoms with van der Waals surface area (Å²) in [6.45, 7) is 2.74. The van der Waals surface area contributed by atoms with Crippen LogP contribution in [0, 0.1) is 12.3 Å². The minimum absolute atomic E-state index is 0.0153. The molecule has 0 spiro atoms. The average Bonchev–Trinajstić information content (AvgIpc) is 3.15. The summed E-state index contributed by atoms with van der Waals surface area (Å²) in [5.74, 6) is -0.0153. The lowest BCUT2D eigenvalue weighted by Crippen LogP contribution is -2.31.